The summed E-state index contributed by atoms with van der Waals surface area (Å²) < 4.78 is 0. The van der Waals surface area contributed by atoms with Crippen LogP contribution in [0, 0.1) is 5.92 Å². The van der Waals surface area contributed by atoms with Crippen LogP contribution in [0.2, 0.25) is 0 Å². The molecule has 0 nitrogen and oxygen atoms in total. The van der Waals surface area contributed by atoms with Crippen molar-refractivity contribution in [3.8, 4) is 0 Å². The molecule has 0 saturated carbocycles. The Labute approximate surface area is 205 Å². The number of benzene rings is 2. The summed E-state index contributed by atoms with van der Waals surface area (Å²) >= 11 is 4.21. The maximum absolute atomic E-state index is 4.21. The van der Waals surface area contributed by atoms with Gasteiger partial charge in [-0.2, -0.15) is 0 Å². The van der Waals surface area contributed by atoms with E-state index in [1.54, 1.807) is 4.96 Å². The van der Waals surface area contributed by atoms with Crippen molar-refractivity contribution in [3.63, 3.8) is 0 Å². The Morgan fingerprint density at radius 2 is 1.19 bits per heavy atom. The molecule has 0 amide bonds. The van der Waals surface area contributed by atoms with E-state index in [1.165, 1.54) is 35.2 Å². The molecule has 2 aromatic carbocycles. The van der Waals surface area contributed by atoms with Crippen LogP contribution >= 0.6 is 7.92 Å². The molecule has 2 heteroatoms. The van der Waals surface area contributed by atoms with Crippen LogP contribution in [0.25, 0.3) is 5.57 Å². The summed E-state index contributed by atoms with van der Waals surface area (Å²) in [5.74, 6) is 1.50. The molecule has 0 unspecified atom stereocenters. The first kappa shape index (κ1) is 26.7. The molecular weight excluding hydrogens is 450 g/mol. The minimum atomic E-state index is 0.0525. The van der Waals surface area contributed by atoms with Gasteiger partial charge in [0, 0.05) is 5.92 Å². The minimum absolute atomic E-state index is 0.0525. The zero-order valence-corrected chi connectivity index (χ0v) is 22.4. The van der Waals surface area contributed by atoms with E-state index in [0.29, 0.717) is 10.3 Å². The van der Waals surface area contributed by atoms with Crippen molar-refractivity contribution in [3.05, 3.63) is 108 Å². The first-order valence-electron chi connectivity index (χ1n) is 11.3. The number of rotatable bonds is 6. The molecule has 0 fully saturated rings. The van der Waals surface area contributed by atoms with Crippen molar-refractivity contribution in [1.29, 1.82) is 0 Å². The van der Waals surface area contributed by atoms with Crippen LogP contribution in [0.5, 0.6) is 0 Å². The van der Waals surface area contributed by atoms with Crippen molar-refractivity contribution < 1.29 is 15.3 Å². The van der Waals surface area contributed by atoms with Crippen molar-refractivity contribution >= 4 is 18.5 Å². The molecule has 2 aromatic rings. The summed E-state index contributed by atoms with van der Waals surface area (Å²) in [6.45, 7) is 14.4. The van der Waals surface area contributed by atoms with E-state index in [2.05, 4.69) is 105 Å². The van der Waals surface area contributed by atoms with E-state index in [9.17, 15) is 0 Å². The van der Waals surface area contributed by atoms with Gasteiger partial charge in [-0.05, 0) is 22.9 Å². The van der Waals surface area contributed by atoms with Gasteiger partial charge in [-0.25, -0.2) is 0 Å². The van der Waals surface area contributed by atoms with Crippen LogP contribution in [-0.2, 0) is 15.3 Å². The van der Waals surface area contributed by atoms with Crippen LogP contribution in [0.4, 0.5) is 0 Å². The fourth-order valence-electron chi connectivity index (χ4n) is 4.15. The van der Waals surface area contributed by atoms with E-state index in [-0.39, 0.29) is 7.92 Å². The van der Waals surface area contributed by atoms with E-state index in [0.717, 1.165) is 0 Å². The first-order chi connectivity index (χ1) is 15.1. The molecular formula is C30H38CoP. The number of allylic oxidation sites excluding steroid dienone is 5. The van der Waals surface area contributed by atoms with Crippen molar-refractivity contribution in [2.45, 2.75) is 58.3 Å². The van der Waals surface area contributed by atoms with Crippen molar-refractivity contribution in [1.82, 2.24) is 0 Å². The van der Waals surface area contributed by atoms with E-state index < -0.39 is 0 Å². The zero-order chi connectivity index (χ0) is 23.6. The van der Waals surface area contributed by atoms with E-state index >= 15 is 0 Å². The predicted molar refractivity (Wildman–Crippen MR) is 143 cm³/mol. The molecule has 0 saturated heterocycles. The van der Waals surface area contributed by atoms with Crippen LogP contribution < -0.4 is 0 Å². The second-order valence-corrected chi connectivity index (χ2v) is 14.3. The average Bonchev–Trinajstić information content (AvgIpc) is 3.25. The molecule has 0 bridgehead atoms. The van der Waals surface area contributed by atoms with Gasteiger partial charge in [-0.15, -0.1) is 0 Å². The summed E-state index contributed by atoms with van der Waals surface area (Å²) in [4.78, 5) is 1.77. The van der Waals surface area contributed by atoms with Gasteiger partial charge in [0.1, 0.15) is 0 Å². The monoisotopic (exact) mass is 488 g/mol. The summed E-state index contributed by atoms with van der Waals surface area (Å²) in [6, 6.07) is 20.7. The van der Waals surface area contributed by atoms with Gasteiger partial charge in [-0.1, -0.05) is 73.8 Å². The fourth-order valence-corrected chi connectivity index (χ4v) is 8.16. The Morgan fingerprint density at radius 1 is 0.750 bits per heavy atom. The first-order valence-corrected chi connectivity index (χ1v) is 13.5. The molecule has 32 heavy (non-hydrogen) atoms. The summed E-state index contributed by atoms with van der Waals surface area (Å²) in [5, 5.41) is 0.917. The number of hydrogen-bond acceptors (Lipinski definition) is 0. The summed E-state index contributed by atoms with van der Waals surface area (Å²) in [7, 11) is 0.0525. The van der Waals surface area contributed by atoms with Gasteiger partial charge < -0.3 is 0 Å². The molecule has 1 aliphatic rings. The topological polar surface area (TPSA) is 0 Å². The Bertz CT molecular complexity index is 841. The van der Waals surface area contributed by atoms with E-state index in [1.807, 2.05) is 42.5 Å². The second-order valence-electron chi connectivity index (χ2n) is 9.96. The second kappa shape index (κ2) is 12.6. The van der Waals surface area contributed by atoms with Gasteiger partial charge in [0.05, 0.1) is 0 Å². The molecule has 0 spiro atoms. The SMILES string of the molecule is CC(C)(C)P(CC[C]1C=CC=C1)C(C)(C)C.[Co]=[CH]C=C(c1ccccc1)c1ccccc1. The average molecular weight is 489 g/mol. The molecule has 0 heterocycles. The molecule has 0 atom stereocenters. The maximum atomic E-state index is 4.21. The number of hydrogen-bond donors (Lipinski definition) is 0. The van der Waals surface area contributed by atoms with Crippen LogP contribution in [0.15, 0.2) is 91.0 Å². The van der Waals surface area contributed by atoms with Gasteiger partial charge in [-0.3, -0.25) is 0 Å². The van der Waals surface area contributed by atoms with Gasteiger partial charge in [0.25, 0.3) is 0 Å². The molecule has 3 rings (SSSR count). The third kappa shape index (κ3) is 8.78. The van der Waals surface area contributed by atoms with Gasteiger partial charge in [0.2, 0.25) is 0 Å². The molecule has 1 aliphatic carbocycles. The van der Waals surface area contributed by atoms with Crippen LogP contribution in [-0.4, -0.2) is 21.4 Å². The Hall–Kier alpha value is -1.53. The quantitative estimate of drug-likeness (QED) is 0.357. The van der Waals surface area contributed by atoms with Crippen molar-refractivity contribution in [2.75, 3.05) is 6.16 Å². The third-order valence-electron chi connectivity index (χ3n) is 5.37. The van der Waals surface area contributed by atoms with Gasteiger partial charge in [0.15, 0.2) is 0 Å². The van der Waals surface area contributed by atoms with Crippen LogP contribution in [0.1, 0.15) is 59.1 Å². The third-order valence-corrected chi connectivity index (χ3v) is 9.45. The molecule has 1 radical (unpaired) electrons. The summed E-state index contributed by atoms with van der Waals surface area (Å²) in [6.07, 6.45) is 13.4. The Kier molecular flexibility index (Phi) is 10.6. The molecule has 0 aliphatic heterocycles. The van der Waals surface area contributed by atoms with E-state index in [4.69, 9.17) is 0 Å². The standard InChI is InChI=1S/C15H26P.C15H12.Co/c1-14(2,3)16(15(4,5)6)12-11-13-9-7-8-10-13;1-2-15(13-9-5-3-6-10-13)14-11-7-4-8-12-14;/h7-10H,11-12H2,1-6H3;1-12H;. The van der Waals surface area contributed by atoms with Crippen LogP contribution in [0.3, 0.4) is 0 Å². The molecule has 0 aromatic heterocycles. The Balaban J connectivity index is 0.000000227. The normalized spacial score (nSPS) is 13.6. The predicted octanol–water partition coefficient (Wildman–Crippen LogP) is 8.62. The summed E-state index contributed by atoms with van der Waals surface area (Å²) in [5.41, 5.74) is 3.60. The molecule has 172 valence electrons. The fraction of sp³-hybridized carbons (Fsp3) is 0.333. The molecule has 0 N–H and O–H groups in total. The van der Waals surface area contributed by atoms with Gasteiger partial charge >= 0.3 is 104 Å². The van der Waals surface area contributed by atoms with Crippen molar-refractivity contribution in [2.24, 2.45) is 0 Å². The Morgan fingerprint density at radius 3 is 1.56 bits per heavy atom. The zero-order valence-electron chi connectivity index (χ0n) is 20.4.